The van der Waals surface area contributed by atoms with E-state index in [1.165, 1.54) is 12.1 Å². The maximum absolute atomic E-state index is 13.0. The van der Waals surface area contributed by atoms with Gasteiger partial charge >= 0.3 is 0 Å². The van der Waals surface area contributed by atoms with Gasteiger partial charge in [-0.2, -0.15) is 0 Å². The molecule has 0 saturated carbocycles. The summed E-state index contributed by atoms with van der Waals surface area (Å²) in [6.07, 6.45) is -0.488. The fourth-order valence-electron chi connectivity index (χ4n) is 1.97. The largest absolute Gasteiger partial charge is 0.496 e. The fourth-order valence-corrected chi connectivity index (χ4v) is 2.55. The van der Waals surface area contributed by atoms with Gasteiger partial charge in [0.05, 0.1) is 13.2 Å². The third-order valence-electron chi connectivity index (χ3n) is 2.98. The van der Waals surface area contributed by atoms with Gasteiger partial charge in [-0.05, 0) is 29.8 Å². The van der Waals surface area contributed by atoms with E-state index in [0.717, 1.165) is 4.47 Å². The predicted molar refractivity (Wildman–Crippen MR) is 80.8 cm³/mol. The van der Waals surface area contributed by atoms with Crippen LogP contribution in [0.5, 0.6) is 5.75 Å². The van der Waals surface area contributed by atoms with Crippen LogP contribution < -0.4 is 4.74 Å². The van der Waals surface area contributed by atoms with Gasteiger partial charge in [0, 0.05) is 21.5 Å². The molecule has 2 rings (SSSR count). The zero-order valence-electron chi connectivity index (χ0n) is 10.7. The monoisotopic (exact) mass is 358 g/mol. The SMILES string of the molecule is COc1cc(Br)ccc1C(O)Cc1ccc(F)cc1Cl. The summed E-state index contributed by atoms with van der Waals surface area (Å²) in [5.41, 5.74) is 1.35. The number of hydrogen-bond donors (Lipinski definition) is 1. The molecule has 5 heteroatoms. The summed E-state index contributed by atoms with van der Waals surface area (Å²) >= 11 is 9.32. The summed E-state index contributed by atoms with van der Waals surface area (Å²) in [5.74, 6) is 0.194. The van der Waals surface area contributed by atoms with Crippen molar-refractivity contribution in [2.24, 2.45) is 0 Å². The Hall–Kier alpha value is -1.10. The zero-order valence-corrected chi connectivity index (χ0v) is 13.1. The third kappa shape index (κ3) is 3.51. The van der Waals surface area contributed by atoms with Gasteiger partial charge in [0.2, 0.25) is 0 Å². The number of benzene rings is 2. The van der Waals surface area contributed by atoms with Crippen LogP contribution in [0.3, 0.4) is 0 Å². The van der Waals surface area contributed by atoms with Crippen LogP contribution in [-0.4, -0.2) is 12.2 Å². The molecule has 2 aromatic rings. The second-order valence-electron chi connectivity index (χ2n) is 4.34. The summed E-state index contributed by atoms with van der Waals surface area (Å²) in [7, 11) is 1.54. The summed E-state index contributed by atoms with van der Waals surface area (Å²) in [4.78, 5) is 0. The van der Waals surface area contributed by atoms with Crippen LogP contribution in [0.4, 0.5) is 4.39 Å². The Morgan fingerprint density at radius 3 is 2.70 bits per heavy atom. The molecule has 20 heavy (non-hydrogen) atoms. The highest BCUT2D eigenvalue weighted by Crippen LogP contribution is 2.31. The lowest BCUT2D eigenvalue weighted by Crippen LogP contribution is -2.04. The van der Waals surface area contributed by atoms with Crippen molar-refractivity contribution in [1.82, 2.24) is 0 Å². The zero-order chi connectivity index (χ0) is 14.7. The van der Waals surface area contributed by atoms with Gasteiger partial charge < -0.3 is 9.84 Å². The van der Waals surface area contributed by atoms with E-state index in [0.29, 0.717) is 21.9 Å². The molecule has 1 atom stereocenters. The molecule has 0 spiro atoms. The van der Waals surface area contributed by atoms with E-state index >= 15 is 0 Å². The average Bonchev–Trinajstić information content (AvgIpc) is 2.41. The highest BCUT2D eigenvalue weighted by molar-refractivity contribution is 9.10. The minimum absolute atomic E-state index is 0.289. The minimum atomic E-state index is -0.777. The lowest BCUT2D eigenvalue weighted by Gasteiger charge is -2.16. The van der Waals surface area contributed by atoms with E-state index in [1.54, 1.807) is 25.3 Å². The first-order chi connectivity index (χ1) is 9.51. The van der Waals surface area contributed by atoms with E-state index in [1.807, 2.05) is 6.07 Å². The Morgan fingerprint density at radius 2 is 2.05 bits per heavy atom. The van der Waals surface area contributed by atoms with Gasteiger partial charge in [-0.1, -0.05) is 39.7 Å². The maximum atomic E-state index is 13.0. The normalized spacial score (nSPS) is 12.2. The van der Waals surface area contributed by atoms with E-state index in [2.05, 4.69) is 15.9 Å². The summed E-state index contributed by atoms with van der Waals surface area (Å²) in [6.45, 7) is 0. The summed E-state index contributed by atoms with van der Waals surface area (Å²) < 4.78 is 19.1. The van der Waals surface area contributed by atoms with E-state index in [-0.39, 0.29) is 6.42 Å². The molecule has 1 N–H and O–H groups in total. The molecule has 0 aliphatic rings. The van der Waals surface area contributed by atoms with Crippen LogP contribution in [0.1, 0.15) is 17.2 Å². The molecule has 0 heterocycles. The molecule has 0 fully saturated rings. The molecule has 1 unspecified atom stereocenters. The first-order valence-corrected chi connectivity index (χ1v) is 7.14. The first kappa shape index (κ1) is 15.3. The first-order valence-electron chi connectivity index (χ1n) is 5.96. The predicted octanol–water partition coefficient (Wildman–Crippen LogP) is 4.53. The lowest BCUT2D eigenvalue weighted by molar-refractivity contribution is 0.174. The van der Waals surface area contributed by atoms with Crippen molar-refractivity contribution in [1.29, 1.82) is 0 Å². The molecule has 0 amide bonds. The number of ether oxygens (including phenoxy) is 1. The van der Waals surface area contributed by atoms with Crippen molar-refractivity contribution in [3.05, 3.63) is 62.8 Å². The number of aliphatic hydroxyl groups is 1. The molecule has 2 nitrogen and oxygen atoms in total. The van der Waals surface area contributed by atoms with Crippen molar-refractivity contribution in [3.8, 4) is 5.75 Å². The molecule has 0 bridgehead atoms. The number of hydrogen-bond acceptors (Lipinski definition) is 2. The van der Waals surface area contributed by atoms with Crippen molar-refractivity contribution >= 4 is 27.5 Å². The summed E-state index contributed by atoms with van der Waals surface area (Å²) in [6, 6.07) is 9.53. The molecule has 2 aromatic carbocycles. The van der Waals surface area contributed by atoms with Gasteiger partial charge in [-0.15, -0.1) is 0 Å². The van der Waals surface area contributed by atoms with Crippen molar-refractivity contribution < 1.29 is 14.2 Å². The lowest BCUT2D eigenvalue weighted by atomic mass is 10.0. The van der Waals surface area contributed by atoms with Crippen LogP contribution in [0.25, 0.3) is 0 Å². The van der Waals surface area contributed by atoms with Gasteiger partial charge in [-0.3, -0.25) is 0 Å². The van der Waals surface area contributed by atoms with Crippen LogP contribution in [0, 0.1) is 5.82 Å². The number of methoxy groups -OCH3 is 1. The van der Waals surface area contributed by atoms with Crippen LogP contribution >= 0.6 is 27.5 Å². The standard InChI is InChI=1S/C15H13BrClFO2/c1-20-15-7-10(16)3-5-12(15)14(19)6-9-2-4-11(18)8-13(9)17/h2-5,7-8,14,19H,6H2,1H3. The summed E-state index contributed by atoms with van der Waals surface area (Å²) in [5, 5.41) is 10.6. The Morgan fingerprint density at radius 1 is 1.30 bits per heavy atom. The minimum Gasteiger partial charge on any atom is -0.496 e. The average molecular weight is 360 g/mol. The molecule has 0 aliphatic carbocycles. The van der Waals surface area contributed by atoms with Crippen LogP contribution in [0.15, 0.2) is 40.9 Å². The number of aliphatic hydroxyl groups excluding tert-OH is 1. The fraction of sp³-hybridized carbons (Fsp3) is 0.200. The maximum Gasteiger partial charge on any atom is 0.125 e. The highest BCUT2D eigenvalue weighted by atomic mass is 79.9. The molecule has 0 aliphatic heterocycles. The van der Waals surface area contributed by atoms with E-state index in [9.17, 15) is 9.50 Å². The van der Waals surface area contributed by atoms with Gasteiger partial charge in [0.1, 0.15) is 11.6 Å². The Bertz CT molecular complexity index is 619. The molecular weight excluding hydrogens is 347 g/mol. The van der Waals surface area contributed by atoms with Crippen molar-refractivity contribution in [3.63, 3.8) is 0 Å². The van der Waals surface area contributed by atoms with Gasteiger partial charge in [0.15, 0.2) is 0 Å². The molecule has 0 aromatic heterocycles. The quantitative estimate of drug-likeness (QED) is 0.869. The Labute approximate surface area is 130 Å². The van der Waals surface area contributed by atoms with Crippen molar-refractivity contribution in [2.75, 3.05) is 7.11 Å². The van der Waals surface area contributed by atoms with Crippen LogP contribution in [0.2, 0.25) is 5.02 Å². The van der Waals surface area contributed by atoms with Gasteiger partial charge in [-0.25, -0.2) is 4.39 Å². The molecule has 0 radical (unpaired) electrons. The topological polar surface area (TPSA) is 29.5 Å². The second kappa shape index (κ2) is 6.57. The molecular formula is C15H13BrClFO2. The highest BCUT2D eigenvalue weighted by Gasteiger charge is 2.16. The van der Waals surface area contributed by atoms with E-state index in [4.69, 9.17) is 16.3 Å². The van der Waals surface area contributed by atoms with E-state index < -0.39 is 11.9 Å². The number of halogens is 3. The Kier molecular flexibility index (Phi) is 5.02. The smallest absolute Gasteiger partial charge is 0.125 e. The van der Waals surface area contributed by atoms with Crippen LogP contribution in [-0.2, 0) is 6.42 Å². The third-order valence-corrected chi connectivity index (χ3v) is 3.83. The van der Waals surface area contributed by atoms with Crippen molar-refractivity contribution in [2.45, 2.75) is 12.5 Å². The number of rotatable bonds is 4. The Balaban J connectivity index is 2.25. The second-order valence-corrected chi connectivity index (χ2v) is 5.66. The molecule has 106 valence electrons. The van der Waals surface area contributed by atoms with Gasteiger partial charge in [0.25, 0.3) is 0 Å². The molecule has 0 saturated heterocycles.